The SMILES string of the molecule is COC(=O)[C@@]12C[C@H](C)[C@@H](O)[C@@H](CC3(C1)OCCO3)C2=O. The molecule has 3 fully saturated rings. The van der Waals surface area contributed by atoms with Gasteiger partial charge in [0.2, 0.25) is 0 Å². The second-order valence-electron chi connectivity index (χ2n) is 6.20. The lowest BCUT2D eigenvalue weighted by molar-refractivity contribution is -0.235. The quantitative estimate of drug-likeness (QED) is 0.550. The minimum atomic E-state index is -1.24. The van der Waals surface area contributed by atoms with Crippen molar-refractivity contribution in [1.82, 2.24) is 0 Å². The Morgan fingerprint density at radius 3 is 2.60 bits per heavy atom. The molecule has 1 N–H and O–H groups in total. The van der Waals surface area contributed by atoms with Crippen LogP contribution in [0.3, 0.4) is 0 Å². The average molecular weight is 284 g/mol. The molecule has 2 bridgehead atoms. The lowest BCUT2D eigenvalue weighted by atomic mass is 9.55. The van der Waals surface area contributed by atoms with Gasteiger partial charge in [-0.1, -0.05) is 6.92 Å². The Kier molecular flexibility index (Phi) is 3.15. The molecule has 0 radical (unpaired) electrons. The Morgan fingerprint density at radius 2 is 2.00 bits per heavy atom. The summed E-state index contributed by atoms with van der Waals surface area (Å²) in [7, 11) is 1.28. The highest BCUT2D eigenvalue weighted by molar-refractivity contribution is 6.06. The minimum absolute atomic E-state index is 0.129. The molecule has 3 aliphatic rings. The Labute approximate surface area is 117 Å². The maximum absolute atomic E-state index is 12.7. The fourth-order valence-corrected chi connectivity index (χ4v) is 4.09. The molecule has 2 aliphatic carbocycles. The van der Waals surface area contributed by atoms with E-state index in [1.807, 2.05) is 6.92 Å². The number of ether oxygens (including phenoxy) is 3. The molecule has 6 nitrogen and oxygen atoms in total. The molecule has 1 spiro atoms. The van der Waals surface area contributed by atoms with Crippen molar-refractivity contribution in [2.24, 2.45) is 17.3 Å². The van der Waals surface area contributed by atoms with E-state index in [-0.39, 0.29) is 24.5 Å². The van der Waals surface area contributed by atoms with Gasteiger partial charge in [-0.15, -0.1) is 0 Å². The summed E-state index contributed by atoms with van der Waals surface area (Å²) in [6.45, 7) is 2.75. The Bertz CT molecular complexity index is 441. The molecule has 3 rings (SSSR count). The number of rotatable bonds is 1. The molecule has 0 aromatic carbocycles. The van der Waals surface area contributed by atoms with Crippen molar-refractivity contribution >= 4 is 11.8 Å². The number of fused-ring (bicyclic) bond motifs is 2. The molecule has 4 atom stereocenters. The summed E-state index contributed by atoms with van der Waals surface area (Å²) in [5.41, 5.74) is -1.24. The fourth-order valence-electron chi connectivity index (χ4n) is 4.09. The molecule has 1 aliphatic heterocycles. The monoisotopic (exact) mass is 284 g/mol. The number of ketones is 1. The first-order chi connectivity index (χ1) is 9.44. The summed E-state index contributed by atoms with van der Waals surface area (Å²) < 4.78 is 16.2. The fraction of sp³-hybridized carbons (Fsp3) is 0.857. The maximum atomic E-state index is 12.7. The second-order valence-corrected chi connectivity index (χ2v) is 6.20. The van der Waals surface area contributed by atoms with Crippen molar-refractivity contribution in [2.45, 2.75) is 38.1 Å². The Morgan fingerprint density at radius 1 is 1.35 bits per heavy atom. The highest BCUT2D eigenvalue weighted by atomic mass is 16.7. The van der Waals surface area contributed by atoms with Crippen molar-refractivity contribution in [3.05, 3.63) is 0 Å². The van der Waals surface area contributed by atoms with Gasteiger partial charge in [0, 0.05) is 12.8 Å². The zero-order valence-corrected chi connectivity index (χ0v) is 11.8. The van der Waals surface area contributed by atoms with E-state index in [1.54, 1.807) is 0 Å². The summed E-state index contributed by atoms with van der Waals surface area (Å²) >= 11 is 0. The second kappa shape index (κ2) is 4.51. The van der Waals surface area contributed by atoms with E-state index >= 15 is 0 Å². The highest BCUT2D eigenvalue weighted by Gasteiger charge is 2.65. The van der Waals surface area contributed by atoms with E-state index in [2.05, 4.69) is 0 Å². The zero-order valence-electron chi connectivity index (χ0n) is 11.8. The predicted octanol–water partition coefficient (Wildman–Crippen LogP) is 0.269. The van der Waals surface area contributed by atoms with Crippen LogP contribution in [-0.4, -0.2) is 49.1 Å². The van der Waals surface area contributed by atoms with Crippen LogP contribution in [-0.2, 0) is 23.8 Å². The number of aliphatic hydroxyl groups excluding tert-OH is 1. The maximum Gasteiger partial charge on any atom is 0.319 e. The van der Waals surface area contributed by atoms with E-state index in [9.17, 15) is 14.7 Å². The van der Waals surface area contributed by atoms with Crippen LogP contribution in [0.15, 0.2) is 0 Å². The molecular weight excluding hydrogens is 264 g/mol. The third-order valence-electron chi connectivity index (χ3n) is 4.97. The number of hydrogen-bond donors (Lipinski definition) is 1. The van der Waals surface area contributed by atoms with Crippen molar-refractivity contribution in [3.63, 3.8) is 0 Å². The largest absolute Gasteiger partial charge is 0.468 e. The normalized spacial score (nSPS) is 42.8. The van der Waals surface area contributed by atoms with Crippen LogP contribution in [0.25, 0.3) is 0 Å². The number of aliphatic hydroxyl groups is 1. The van der Waals surface area contributed by atoms with Crippen LogP contribution < -0.4 is 0 Å². The number of hydrogen-bond acceptors (Lipinski definition) is 6. The molecule has 0 aromatic heterocycles. The molecule has 0 unspecified atom stereocenters. The first kappa shape index (κ1) is 14.0. The van der Waals surface area contributed by atoms with Crippen LogP contribution in [0.4, 0.5) is 0 Å². The number of methoxy groups -OCH3 is 1. The van der Waals surface area contributed by atoms with Crippen molar-refractivity contribution in [3.8, 4) is 0 Å². The van der Waals surface area contributed by atoms with Gasteiger partial charge in [0.1, 0.15) is 5.41 Å². The highest BCUT2D eigenvalue weighted by Crippen LogP contribution is 2.54. The molecule has 0 amide bonds. The predicted molar refractivity (Wildman–Crippen MR) is 66.6 cm³/mol. The third kappa shape index (κ3) is 1.75. The number of Topliss-reactive ketones (excluding diaryl/α,β-unsaturated/α-hetero) is 1. The van der Waals surface area contributed by atoms with Crippen LogP contribution in [0.2, 0.25) is 0 Å². The summed E-state index contributed by atoms with van der Waals surface area (Å²) in [5, 5.41) is 10.3. The van der Waals surface area contributed by atoms with E-state index in [0.717, 1.165) is 0 Å². The standard InChI is InChI=1S/C14H20O6/c1-8-5-13(12(17)18-2)7-14(19-3-4-20-14)6-9(10(8)15)11(13)16/h8-10,15H,3-7H2,1-2H3/t8-,9+,10+,13-/m0/s1. The lowest BCUT2D eigenvalue weighted by Crippen LogP contribution is -2.63. The number of carbonyl (C=O) groups excluding carboxylic acids is 2. The van der Waals surface area contributed by atoms with Crippen LogP contribution in [0, 0.1) is 17.3 Å². The van der Waals surface area contributed by atoms with Crippen molar-refractivity contribution < 1.29 is 28.9 Å². The van der Waals surface area contributed by atoms with Gasteiger partial charge in [-0.2, -0.15) is 0 Å². The summed E-state index contributed by atoms with van der Waals surface area (Å²) in [6.07, 6.45) is 0.0324. The number of carbonyl (C=O) groups is 2. The van der Waals surface area contributed by atoms with E-state index in [0.29, 0.717) is 19.6 Å². The molecule has 6 heteroatoms. The summed E-state index contributed by atoms with van der Waals surface area (Å²) in [6, 6.07) is 0. The average Bonchev–Trinajstić information content (AvgIpc) is 2.87. The van der Waals surface area contributed by atoms with Gasteiger partial charge in [0.15, 0.2) is 11.6 Å². The minimum Gasteiger partial charge on any atom is -0.468 e. The van der Waals surface area contributed by atoms with Crippen molar-refractivity contribution in [1.29, 1.82) is 0 Å². The van der Waals surface area contributed by atoms with Gasteiger partial charge < -0.3 is 19.3 Å². The van der Waals surface area contributed by atoms with Gasteiger partial charge in [0.05, 0.1) is 32.3 Å². The molecule has 112 valence electrons. The van der Waals surface area contributed by atoms with E-state index in [4.69, 9.17) is 14.2 Å². The van der Waals surface area contributed by atoms with Gasteiger partial charge in [-0.25, -0.2) is 0 Å². The molecular formula is C14H20O6. The molecule has 20 heavy (non-hydrogen) atoms. The Balaban J connectivity index is 2.03. The lowest BCUT2D eigenvalue weighted by Gasteiger charge is -2.51. The topological polar surface area (TPSA) is 82.1 Å². The smallest absolute Gasteiger partial charge is 0.319 e. The molecule has 2 saturated carbocycles. The summed E-state index contributed by atoms with van der Waals surface area (Å²) in [5.74, 6) is -2.43. The van der Waals surface area contributed by atoms with Gasteiger partial charge in [-0.3, -0.25) is 9.59 Å². The molecule has 1 heterocycles. The van der Waals surface area contributed by atoms with Crippen molar-refractivity contribution in [2.75, 3.05) is 20.3 Å². The van der Waals surface area contributed by atoms with E-state index in [1.165, 1.54) is 7.11 Å². The molecule has 1 saturated heterocycles. The first-order valence-corrected chi connectivity index (χ1v) is 7.03. The van der Waals surface area contributed by atoms with E-state index < -0.39 is 29.2 Å². The molecule has 0 aromatic rings. The number of esters is 1. The third-order valence-corrected chi connectivity index (χ3v) is 4.97. The van der Waals surface area contributed by atoms with Gasteiger partial charge in [0.25, 0.3) is 0 Å². The van der Waals surface area contributed by atoms with Crippen LogP contribution in [0.5, 0.6) is 0 Å². The van der Waals surface area contributed by atoms with Gasteiger partial charge in [-0.05, 0) is 12.3 Å². The van der Waals surface area contributed by atoms with Gasteiger partial charge >= 0.3 is 5.97 Å². The summed E-state index contributed by atoms with van der Waals surface area (Å²) in [4.78, 5) is 24.9. The Hall–Kier alpha value is -0.980. The zero-order chi connectivity index (χ0) is 14.5. The van der Waals surface area contributed by atoms with Crippen LogP contribution >= 0.6 is 0 Å². The van der Waals surface area contributed by atoms with Crippen LogP contribution in [0.1, 0.15) is 26.2 Å². The first-order valence-electron chi connectivity index (χ1n) is 7.03.